The Balaban J connectivity index is 0.00000264. The van der Waals surface area contributed by atoms with E-state index in [0.29, 0.717) is 30.1 Å². The van der Waals surface area contributed by atoms with Crippen LogP contribution in [-0.4, -0.2) is 50.8 Å². The molecule has 23 heavy (non-hydrogen) atoms. The Morgan fingerprint density at radius 3 is 2.35 bits per heavy atom. The molecule has 0 fully saturated rings. The number of halogens is 1. The first-order chi connectivity index (χ1) is 10.3. The second-order valence-corrected chi connectivity index (χ2v) is 6.39. The number of nitrogens with zero attached hydrogens (tertiary/aromatic N) is 4. The molecule has 0 aliphatic carbocycles. The molecule has 0 saturated heterocycles. The molecule has 2 aromatic heterocycles. The van der Waals surface area contributed by atoms with Crippen LogP contribution in [0.25, 0.3) is 11.2 Å². The first kappa shape index (κ1) is 19.6. The van der Waals surface area contributed by atoms with Crippen LogP contribution in [0.1, 0.15) is 26.1 Å². The van der Waals surface area contributed by atoms with E-state index in [0.717, 1.165) is 24.0 Å². The van der Waals surface area contributed by atoms with E-state index in [1.54, 1.807) is 18.4 Å². The Morgan fingerprint density at radius 2 is 1.78 bits per heavy atom. The summed E-state index contributed by atoms with van der Waals surface area (Å²) in [6.45, 7) is 8.52. The maximum atomic E-state index is 12.6. The Morgan fingerprint density at radius 1 is 1.13 bits per heavy atom. The molecule has 0 bridgehead atoms. The highest BCUT2D eigenvalue weighted by atomic mass is 79.9. The van der Waals surface area contributed by atoms with E-state index in [-0.39, 0.29) is 28.2 Å². The molecule has 8 heteroatoms. The van der Waals surface area contributed by atoms with Gasteiger partial charge in [0.2, 0.25) is 0 Å². The van der Waals surface area contributed by atoms with Gasteiger partial charge in [-0.15, -0.1) is 0 Å². The van der Waals surface area contributed by atoms with Crippen molar-refractivity contribution >= 4 is 11.2 Å². The third kappa shape index (κ3) is 3.92. The Hall–Kier alpha value is -1.41. The molecule has 0 aliphatic rings. The van der Waals surface area contributed by atoms with Gasteiger partial charge in [-0.2, -0.15) is 0 Å². The van der Waals surface area contributed by atoms with Gasteiger partial charge in [-0.25, -0.2) is 9.78 Å². The number of quaternary nitrogens is 1. The Labute approximate surface area is 146 Å². The van der Waals surface area contributed by atoms with E-state index in [1.807, 2.05) is 0 Å². The summed E-state index contributed by atoms with van der Waals surface area (Å²) >= 11 is 0. The SMILES string of the molecule is CCC[N+](C)(C)CCn1c(=O)n(CC)c(=O)c2[nH]c(C)nc21.[Br-]. The number of fused-ring (bicyclic) bond motifs is 1. The van der Waals surface area contributed by atoms with Gasteiger partial charge in [0.25, 0.3) is 5.56 Å². The summed E-state index contributed by atoms with van der Waals surface area (Å²) in [6.07, 6.45) is 1.09. The first-order valence-electron chi connectivity index (χ1n) is 7.82. The van der Waals surface area contributed by atoms with Crippen molar-refractivity contribution < 1.29 is 21.5 Å². The quantitative estimate of drug-likeness (QED) is 0.566. The number of aryl methyl sites for hydroxylation is 1. The third-order valence-electron chi connectivity index (χ3n) is 4.05. The minimum absolute atomic E-state index is 0. The molecule has 2 rings (SSSR count). The summed E-state index contributed by atoms with van der Waals surface area (Å²) in [5.74, 6) is 0.649. The number of hydrogen-bond acceptors (Lipinski definition) is 3. The van der Waals surface area contributed by atoms with Gasteiger partial charge in [-0.1, -0.05) is 6.92 Å². The van der Waals surface area contributed by atoms with Gasteiger partial charge >= 0.3 is 5.69 Å². The Kier molecular flexibility index (Phi) is 6.35. The summed E-state index contributed by atoms with van der Waals surface area (Å²) in [4.78, 5) is 32.2. The van der Waals surface area contributed by atoms with Crippen LogP contribution in [0, 0.1) is 6.92 Å². The van der Waals surface area contributed by atoms with Crippen molar-refractivity contribution in [3.63, 3.8) is 0 Å². The highest BCUT2D eigenvalue weighted by molar-refractivity contribution is 5.69. The number of likely N-dealkylation sites (N-methyl/N-ethyl adjacent to an activating group) is 1. The monoisotopic (exact) mass is 387 g/mol. The van der Waals surface area contributed by atoms with Crippen molar-refractivity contribution in [3.8, 4) is 0 Å². The fraction of sp³-hybridized carbons (Fsp3) is 0.667. The van der Waals surface area contributed by atoms with Crippen molar-refractivity contribution in [2.45, 2.75) is 40.3 Å². The van der Waals surface area contributed by atoms with E-state index >= 15 is 0 Å². The zero-order valence-corrected chi connectivity index (χ0v) is 16.1. The van der Waals surface area contributed by atoms with Gasteiger partial charge in [0, 0.05) is 6.54 Å². The maximum absolute atomic E-state index is 12.6. The molecule has 0 aliphatic heterocycles. The van der Waals surface area contributed by atoms with Crippen molar-refractivity contribution in [1.82, 2.24) is 19.1 Å². The lowest BCUT2D eigenvalue weighted by atomic mass is 10.3. The van der Waals surface area contributed by atoms with E-state index < -0.39 is 0 Å². The molecule has 0 spiro atoms. The fourth-order valence-electron chi connectivity index (χ4n) is 2.85. The Bertz CT molecular complexity index is 787. The van der Waals surface area contributed by atoms with Crippen molar-refractivity contribution in [1.29, 1.82) is 0 Å². The molecule has 1 N–H and O–H groups in total. The maximum Gasteiger partial charge on any atom is 0.332 e. The largest absolute Gasteiger partial charge is 1.00 e. The van der Waals surface area contributed by atoms with Crippen molar-refractivity contribution in [2.75, 3.05) is 27.2 Å². The highest BCUT2D eigenvalue weighted by Crippen LogP contribution is 2.07. The van der Waals surface area contributed by atoms with Gasteiger partial charge in [0.15, 0.2) is 5.65 Å². The van der Waals surface area contributed by atoms with Gasteiger partial charge in [0.1, 0.15) is 11.3 Å². The molecule has 0 atom stereocenters. The predicted octanol–water partition coefficient (Wildman–Crippen LogP) is -2.29. The van der Waals surface area contributed by atoms with Gasteiger partial charge < -0.3 is 26.4 Å². The van der Waals surface area contributed by atoms with E-state index in [2.05, 4.69) is 31.0 Å². The molecule has 0 aromatic carbocycles. The number of hydrogen-bond donors (Lipinski definition) is 1. The van der Waals surface area contributed by atoms with Crippen LogP contribution in [0.4, 0.5) is 0 Å². The van der Waals surface area contributed by atoms with E-state index in [4.69, 9.17) is 0 Å². The lowest BCUT2D eigenvalue weighted by Gasteiger charge is -2.29. The molecular weight excluding hydrogens is 362 g/mol. The van der Waals surface area contributed by atoms with E-state index in [9.17, 15) is 9.59 Å². The average Bonchev–Trinajstić information content (AvgIpc) is 2.81. The van der Waals surface area contributed by atoms with E-state index in [1.165, 1.54) is 4.57 Å². The second kappa shape index (κ2) is 7.44. The molecule has 2 aromatic rings. The summed E-state index contributed by atoms with van der Waals surface area (Å²) in [5, 5.41) is 0. The molecule has 7 nitrogen and oxygen atoms in total. The minimum atomic E-state index is -0.290. The summed E-state index contributed by atoms with van der Waals surface area (Å²) in [5.41, 5.74) is 0.318. The zero-order valence-electron chi connectivity index (χ0n) is 14.5. The number of nitrogens with one attached hydrogen (secondary N) is 1. The summed E-state index contributed by atoms with van der Waals surface area (Å²) in [6, 6.07) is 0. The first-order valence-corrected chi connectivity index (χ1v) is 7.82. The smallest absolute Gasteiger partial charge is 0.332 e. The van der Waals surface area contributed by atoms with Crippen LogP contribution in [-0.2, 0) is 13.1 Å². The highest BCUT2D eigenvalue weighted by Gasteiger charge is 2.19. The van der Waals surface area contributed by atoms with Crippen molar-refractivity contribution in [2.24, 2.45) is 0 Å². The summed E-state index contributed by atoms with van der Waals surface area (Å²) in [7, 11) is 4.30. The molecule has 0 radical (unpaired) electrons. The second-order valence-electron chi connectivity index (χ2n) is 6.39. The number of imidazole rings is 1. The standard InChI is InChI=1S/C15H25N5O2.BrH/c1-6-9-20(4,5)10-8-19-13-12(16-11(3)17-13)14(21)18(7-2)15(19)22;/h6-10H2,1-5H3;1H. The van der Waals surface area contributed by atoms with Crippen LogP contribution >= 0.6 is 0 Å². The van der Waals surface area contributed by atoms with Crippen LogP contribution in [0.3, 0.4) is 0 Å². The number of H-pyrrole nitrogens is 1. The fourth-order valence-corrected chi connectivity index (χ4v) is 2.85. The predicted molar refractivity (Wildman–Crippen MR) is 87.2 cm³/mol. The van der Waals surface area contributed by atoms with Gasteiger partial charge in [0.05, 0.1) is 33.7 Å². The molecule has 130 valence electrons. The molecule has 2 heterocycles. The van der Waals surface area contributed by atoms with Crippen LogP contribution in [0.5, 0.6) is 0 Å². The third-order valence-corrected chi connectivity index (χ3v) is 4.05. The number of aromatic amines is 1. The minimum Gasteiger partial charge on any atom is -1.00 e. The molecule has 0 unspecified atom stereocenters. The lowest BCUT2D eigenvalue weighted by molar-refractivity contribution is -0.890. The molecule has 0 amide bonds. The topological polar surface area (TPSA) is 72.7 Å². The molecule has 0 saturated carbocycles. The van der Waals surface area contributed by atoms with Gasteiger partial charge in [-0.05, 0) is 20.3 Å². The average molecular weight is 388 g/mol. The van der Waals surface area contributed by atoms with Crippen LogP contribution in [0.2, 0.25) is 0 Å². The van der Waals surface area contributed by atoms with Crippen LogP contribution in [0.15, 0.2) is 9.59 Å². The summed E-state index contributed by atoms with van der Waals surface area (Å²) < 4.78 is 3.72. The van der Waals surface area contributed by atoms with Gasteiger partial charge in [-0.3, -0.25) is 13.9 Å². The molecular formula is C15H26BrN5O2. The normalized spacial score (nSPS) is 11.7. The van der Waals surface area contributed by atoms with Crippen molar-refractivity contribution in [3.05, 3.63) is 26.7 Å². The van der Waals surface area contributed by atoms with Crippen LogP contribution < -0.4 is 28.2 Å². The lowest BCUT2D eigenvalue weighted by Crippen LogP contribution is -3.00. The zero-order chi connectivity index (χ0) is 16.5. The number of rotatable bonds is 6. The number of aromatic nitrogens is 4.